The summed E-state index contributed by atoms with van der Waals surface area (Å²) < 4.78 is 5.36. The third kappa shape index (κ3) is 4.83. The van der Waals surface area contributed by atoms with E-state index in [1.807, 2.05) is 31.2 Å². The van der Waals surface area contributed by atoms with Crippen molar-refractivity contribution < 1.29 is 19.4 Å². The summed E-state index contributed by atoms with van der Waals surface area (Å²) in [5.74, 6) is -0.0995. The topological polar surface area (TPSA) is 66.8 Å². The van der Waals surface area contributed by atoms with Crippen LogP contribution in [0.2, 0.25) is 0 Å². The highest BCUT2D eigenvalue weighted by atomic mass is 16.5. The Morgan fingerprint density at radius 2 is 1.76 bits per heavy atom. The summed E-state index contributed by atoms with van der Waals surface area (Å²) in [6, 6.07) is 14.3. The Morgan fingerprint density at radius 1 is 1.12 bits per heavy atom. The summed E-state index contributed by atoms with van der Waals surface area (Å²) in [6.45, 7) is 2.45. The fourth-order valence-electron chi connectivity index (χ4n) is 2.72. The second-order valence-corrected chi connectivity index (χ2v) is 6.10. The van der Waals surface area contributed by atoms with Crippen molar-refractivity contribution in [1.29, 1.82) is 0 Å². The van der Waals surface area contributed by atoms with Crippen LogP contribution in [0.3, 0.4) is 0 Å². The van der Waals surface area contributed by atoms with E-state index >= 15 is 0 Å². The van der Waals surface area contributed by atoms with Crippen LogP contribution in [0.1, 0.15) is 40.7 Å². The first-order valence-electron chi connectivity index (χ1n) is 8.11. The Hall–Kier alpha value is -2.82. The van der Waals surface area contributed by atoms with Gasteiger partial charge < -0.3 is 14.7 Å². The van der Waals surface area contributed by atoms with E-state index in [0.717, 1.165) is 16.9 Å². The number of amides is 1. The number of carbonyl (C=O) groups excluding carboxylic acids is 1. The van der Waals surface area contributed by atoms with Crippen molar-refractivity contribution in [2.75, 3.05) is 14.2 Å². The molecule has 2 rings (SSSR count). The first kappa shape index (κ1) is 18.5. The molecule has 2 aromatic carbocycles. The number of carbonyl (C=O) groups is 2. The molecule has 1 N–H and O–H groups in total. The van der Waals surface area contributed by atoms with Gasteiger partial charge in [-0.3, -0.25) is 4.79 Å². The summed E-state index contributed by atoms with van der Waals surface area (Å²) in [5, 5.41) is 8.92. The molecule has 0 spiro atoms. The van der Waals surface area contributed by atoms with Crippen LogP contribution in [-0.4, -0.2) is 36.0 Å². The maximum Gasteiger partial charge on any atom is 0.335 e. The van der Waals surface area contributed by atoms with Crippen LogP contribution < -0.4 is 4.74 Å². The number of benzene rings is 2. The highest BCUT2D eigenvalue weighted by Gasteiger charge is 2.18. The van der Waals surface area contributed by atoms with Crippen molar-refractivity contribution in [3.05, 3.63) is 65.2 Å². The van der Waals surface area contributed by atoms with Gasteiger partial charge in [0.2, 0.25) is 5.91 Å². The number of methoxy groups -OCH3 is 1. The minimum absolute atomic E-state index is 0.0284. The van der Waals surface area contributed by atoms with Crippen molar-refractivity contribution in [2.45, 2.75) is 25.8 Å². The van der Waals surface area contributed by atoms with Gasteiger partial charge >= 0.3 is 5.97 Å². The zero-order valence-electron chi connectivity index (χ0n) is 14.7. The molecule has 25 heavy (non-hydrogen) atoms. The highest BCUT2D eigenvalue weighted by molar-refractivity contribution is 5.87. The Kier molecular flexibility index (Phi) is 6.17. The minimum Gasteiger partial charge on any atom is -0.496 e. The minimum atomic E-state index is -0.957. The predicted octanol–water partition coefficient (Wildman–Crippen LogP) is 3.55. The molecule has 0 aromatic heterocycles. The van der Waals surface area contributed by atoms with Crippen LogP contribution in [-0.2, 0) is 11.3 Å². The first-order chi connectivity index (χ1) is 11.9. The third-order valence-electron chi connectivity index (χ3n) is 4.20. The molecule has 1 atom stereocenters. The fraction of sp³-hybridized carbons (Fsp3) is 0.300. The zero-order valence-corrected chi connectivity index (χ0v) is 14.7. The van der Waals surface area contributed by atoms with E-state index in [2.05, 4.69) is 0 Å². The molecule has 0 aliphatic heterocycles. The van der Waals surface area contributed by atoms with Crippen molar-refractivity contribution in [1.82, 2.24) is 4.90 Å². The number of hydrogen-bond acceptors (Lipinski definition) is 3. The average Bonchev–Trinajstić information content (AvgIpc) is 2.61. The second-order valence-electron chi connectivity index (χ2n) is 6.10. The molecule has 0 aliphatic rings. The van der Waals surface area contributed by atoms with Crippen LogP contribution in [0.4, 0.5) is 0 Å². The predicted molar refractivity (Wildman–Crippen MR) is 95.9 cm³/mol. The van der Waals surface area contributed by atoms with Gasteiger partial charge in [0, 0.05) is 20.0 Å². The van der Waals surface area contributed by atoms with Gasteiger partial charge in [0.15, 0.2) is 0 Å². The van der Waals surface area contributed by atoms with Gasteiger partial charge in [-0.25, -0.2) is 4.79 Å². The van der Waals surface area contributed by atoms with Crippen molar-refractivity contribution in [3.8, 4) is 5.75 Å². The Balaban J connectivity index is 1.98. The number of carboxylic acids is 1. The molecule has 0 fully saturated rings. The van der Waals surface area contributed by atoms with Gasteiger partial charge in [-0.2, -0.15) is 0 Å². The van der Waals surface area contributed by atoms with E-state index in [4.69, 9.17) is 9.84 Å². The summed E-state index contributed by atoms with van der Waals surface area (Å²) >= 11 is 0. The van der Waals surface area contributed by atoms with Gasteiger partial charge in [-0.15, -0.1) is 0 Å². The largest absolute Gasteiger partial charge is 0.496 e. The lowest BCUT2D eigenvalue weighted by Gasteiger charge is -2.21. The van der Waals surface area contributed by atoms with E-state index in [-0.39, 0.29) is 17.4 Å². The summed E-state index contributed by atoms with van der Waals surface area (Å²) in [5.41, 5.74) is 2.14. The second kappa shape index (κ2) is 8.33. The van der Waals surface area contributed by atoms with Gasteiger partial charge in [0.25, 0.3) is 0 Å². The maximum absolute atomic E-state index is 12.5. The number of nitrogens with zero attached hydrogens (tertiary/aromatic N) is 1. The molecule has 5 heteroatoms. The number of carboxylic acid groups (broad SMARTS) is 1. The van der Waals surface area contributed by atoms with E-state index in [1.165, 1.54) is 0 Å². The van der Waals surface area contributed by atoms with E-state index < -0.39 is 5.97 Å². The molecule has 1 amide bonds. The number of aromatic carboxylic acids is 1. The van der Waals surface area contributed by atoms with Gasteiger partial charge in [-0.05, 0) is 35.2 Å². The highest BCUT2D eigenvalue weighted by Crippen LogP contribution is 2.28. The van der Waals surface area contributed by atoms with Crippen molar-refractivity contribution in [2.24, 2.45) is 0 Å². The van der Waals surface area contributed by atoms with Crippen molar-refractivity contribution >= 4 is 11.9 Å². The quantitative estimate of drug-likeness (QED) is 0.836. The number of rotatable bonds is 7. The monoisotopic (exact) mass is 341 g/mol. The average molecular weight is 341 g/mol. The molecule has 0 bridgehead atoms. The molecular formula is C20H23NO4. The lowest BCUT2D eigenvalue weighted by molar-refractivity contribution is -0.130. The van der Waals surface area contributed by atoms with E-state index in [1.54, 1.807) is 43.3 Å². The standard InChI is InChI=1S/C20H23NO4/c1-14(17-6-4-5-7-18(17)25-3)12-19(22)21(2)13-15-8-10-16(11-9-15)20(23)24/h4-11,14H,12-13H2,1-3H3,(H,23,24). The zero-order chi connectivity index (χ0) is 18.4. The summed E-state index contributed by atoms with van der Waals surface area (Å²) in [6.07, 6.45) is 0.379. The number of ether oxygens (including phenoxy) is 1. The molecule has 0 saturated heterocycles. The number of hydrogen-bond donors (Lipinski definition) is 1. The van der Waals surface area contributed by atoms with Crippen LogP contribution in [0, 0.1) is 0 Å². The van der Waals surface area contributed by atoms with Crippen LogP contribution in [0.5, 0.6) is 5.75 Å². The maximum atomic E-state index is 12.5. The van der Waals surface area contributed by atoms with Gasteiger partial charge in [0.1, 0.15) is 5.75 Å². The van der Waals surface area contributed by atoms with Crippen LogP contribution in [0.15, 0.2) is 48.5 Å². The Bertz CT molecular complexity index is 740. The van der Waals surface area contributed by atoms with Gasteiger partial charge in [-0.1, -0.05) is 37.3 Å². The normalized spacial score (nSPS) is 11.6. The SMILES string of the molecule is COc1ccccc1C(C)CC(=O)N(C)Cc1ccc(C(=O)O)cc1. The molecule has 132 valence electrons. The number of para-hydroxylation sites is 1. The van der Waals surface area contributed by atoms with Crippen molar-refractivity contribution in [3.63, 3.8) is 0 Å². The molecule has 0 aliphatic carbocycles. The lowest BCUT2D eigenvalue weighted by Crippen LogP contribution is -2.27. The summed E-state index contributed by atoms with van der Waals surface area (Å²) in [4.78, 5) is 25.0. The summed E-state index contributed by atoms with van der Waals surface area (Å²) in [7, 11) is 3.38. The lowest BCUT2D eigenvalue weighted by atomic mass is 9.96. The molecule has 5 nitrogen and oxygen atoms in total. The van der Waals surface area contributed by atoms with Gasteiger partial charge in [0.05, 0.1) is 12.7 Å². The molecule has 0 radical (unpaired) electrons. The first-order valence-corrected chi connectivity index (χ1v) is 8.11. The Morgan fingerprint density at radius 3 is 2.36 bits per heavy atom. The fourth-order valence-corrected chi connectivity index (χ4v) is 2.72. The smallest absolute Gasteiger partial charge is 0.335 e. The van der Waals surface area contributed by atoms with Crippen LogP contribution >= 0.6 is 0 Å². The van der Waals surface area contributed by atoms with E-state index in [0.29, 0.717) is 13.0 Å². The molecule has 0 heterocycles. The molecular weight excluding hydrogens is 318 g/mol. The third-order valence-corrected chi connectivity index (χ3v) is 4.20. The molecule has 2 aromatic rings. The Labute approximate surface area is 147 Å². The van der Waals surface area contributed by atoms with Crippen LogP contribution in [0.25, 0.3) is 0 Å². The molecule has 0 saturated carbocycles. The van der Waals surface area contributed by atoms with E-state index in [9.17, 15) is 9.59 Å². The molecule has 1 unspecified atom stereocenters.